The van der Waals surface area contributed by atoms with Gasteiger partial charge in [0, 0.05) is 24.7 Å². The van der Waals surface area contributed by atoms with Crippen LogP contribution in [0.25, 0.3) is 0 Å². The first-order valence-corrected chi connectivity index (χ1v) is 11.5. The van der Waals surface area contributed by atoms with Gasteiger partial charge in [-0.2, -0.15) is 0 Å². The lowest BCUT2D eigenvalue weighted by Crippen LogP contribution is -2.41. The minimum Gasteiger partial charge on any atom is -0.347 e. The molecular formula is C25H31F2N3O. The molecule has 4 rings (SSSR count). The minimum atomic E-state index is -0.799. The van der Waals surface area contributed by atoms with Gasteiger partial charge in [-0.1, -0.05) is 31.0 Å². The topological polar surface area (TPSA) is 45.2 Å². The van der Waals surface area contributed by atoms with Crippen LogP contribution < -0.4 is 5.32 Å². The Balaban J connectivity index is 1.38. The standard InChI is InChI=1S/C25H31F2N3O/c26-21-9-5-8-20(24(21)27)17-30-14-11-19(12-15-30)25(22-10-3-4-13-28-22)29-23(31)16-18-6-1-2-7-18/h3-5,8-10,13,18-19,25H,1-2,6-7,11-12,14-17H2,(H,29,31). The molecule has 1 aliphatic heterocycles. The zero-order valence-electron chi connectivity index (χ0n) is 17.9. The molecule has 31 heavy (non-hydrogen) atoms. The number of piperidine rings is 1. The summed E-state index contributed by atoms with van der Waals surface area (Å²) < 4.78 is 27.6. The van der Waals surface area contributed by atoms with Gasteiger partial charge in [-0.05, 0) is 68.8 Å². The Morgan fingerprint density at radius 1 is 1.06 bits per heavy atom. The number of halogens is 2. The number of hydrogen-bond donors (Lipinski definition) is 1. The molecule has 1 saturated heterocycles. The van der Waals surface area contributed by atoms with Crippen LogP contribution in [0.1, 0.15) is 62.2 Å². The summed E-state index contributed by atoms with van der Waals surface area (Å²) in [7, 11) is 0. The second-order valence-electron chi connectivity index (χ2n) is 8.98. The fourth-order valence-corrected chi connectivity index (χ4v) is 5.06. The van der Waals surface area contributed by atoms with Crippen molar-refractivity contribution >= 4 is 5.91 Å². The summed E-state index contributed by atoms with van der Waals surface area (Å²) in [5.41, 5.74) is 1.29. The molecule has 2 aliphatic rings. The van der Waals surface area contributed by atoms with Crippen molar-refractivity contribution in [2.75, 3.05) is 13.1 Å². The lowest BCUT2D eigenvalue weighted by molar-refractivity contribution is -0.123. The second-order valence-corrected chi connectivity index (χ2v) is 8.98. The molecule has 2 aromatic rings. The number of pyridine rings is 1. The molecule has 2 heterocycles. The van der Waals surface area contributed by atoms with Gasteiger partial charge in [0.25, 0.3) is 0 Å². The van der Waals surface area contributed by atoms with Crippen LogP contribution in [0.3, 0.4) is 0 Å². The van der Waals surface area contributed by atoms with Crippen LogP contribution in [0.15, 0.2) is 42.6 Å². The van der Waals surface area contributed by atoms with Crippen molar-refractivity contribution in [2.24, 2.45) is 11.8 Å². The number of amides is 1. The van der Waals surface area contributed by atoms with Crippen molar-refractivity contribution in [2.45, 2.75) is 57.5 Å². The van der Waals surface area contributed by atoms with Crippen LogP contribution >= 0.6 is 0 Å². The third-order valence-electron chi connectivity index (χ3n) is 6.80. The number of nitrogens with zero attached hydrogens (tertiary/aromatic N) is 2. The molecule has 1 atom stereocenters. The number of benzene rings is 1. The fraction of sp³-hybridized carbons (Fsp3) is 0.520. The van der Waals surface area contributed by atoms with Gasteiger partial charge in [-0.25, -0.2) is 8.78 Å². The molecule has 1 unspecified atom stereocenters. The molecule has 166 valence electrons. The van der Waals surface area contributed by atoms with E-state index in [2.05, 4.69) is 15.2 Å². The number of carbonyl (C=O) groups excluding carboxylic acids is 1. The minimum absolute atomic E-state index is 0.108. The first-order chi connectivity index (χ1) is 15.1. The number of likely N-dealkylation sites (tertiary alicyclic amines) is 1. The van der Waals surface area contributed by atoms with Crippen LogP contribution in [-0.2, 0) is 11.3 Å². The van der Waals surface area contributed by atoms with Crippen molar-refractivity contribution in [3.8, 4) is 0 Å². The van der Waals surface area contributed by atoms with E-state index in [-0.39, 0.29) is 17.9 Å². The molecule has 2 fully saturated rings. The Labute approximate surface area is 183 Å². The summed E-state index contributed by atoms with van der Waals surface area (Å²) >= 11 is 0. The smallest absolute Gasteiger partial charge is 0.220 e. The number of aromatic nitrogens is 1. The molecule has 6 heteroatoms. The highest BCUT2D eigenvalue weighted by Gasteiger charge is 2.31. The normalized spacial score (nSPS) is 19.4. The van der Waals surface area contributed by atoms with E-state index in [1.807, 2.05) is 18.2 Å². The molecule has 0 radical (unpaired) electrons. The first kappa shape index (κ1) is 21.9. The van der Waals surface area contributed by atoms with E-state index in [0.717, 1.165) is 50.5 Å². The summed E-state index contributed by atoms with van der Waals surface area (Å²) in [5.74, 6) is -0.655. The van der Waals surface area contributed by atoms with Gasteiger partial charge < -0.3 is 5.32 Å². The first-order valence-electron chi connectivity index (χ1n) is 11.5. The van der Waals surface area contributed by atoms with Gasteiger partial charge in [0.2, 0.25) is 5.91 Å². The zero-order chi connectivity index (χ0) is 21.6. The second kappa shape index (κ2) is 10.3. The Morgan fingerprint density at radius 2 is 1.84 bits per heavy atom. The third kappa shape index (κ3) is 5.67. The maximum atomic E-state index is 14.0. The lowest BCUT2D eigenvalue weighted by Gasteiger charge is -2.36. The van der Waals surface area contributed by atoms with E-state index >= 15 is 0 Å². The van der Waals surface area contributed by atoms with Crippen LogP contribution in [0.4, 0.5) is 8.78 Å². The van der Waals surface area contributed by atoms with Gasteiger partial charge in [0.15, 0.2) is 11.6 Å². The summed E-state index contributed by atoms with van der Waals surface area (Å²) in [6, 6.07) is 10.1. The Morgan fingerprint density at radius 3 is 2.55 bits per heavy atom. The van der Waals surface area contributed by atoms with Gasteiger partial charge in [0.05, 0.1) is 11.7 Å². The molecule has 1 aromatic heterocycles. The molecule has 4 nitrogen and oxygen atoms in total. The SMILES string of the molecule is O=C(CC1CCCC1)NC(c1ccccn1)C1CCN(Cc2cccc(F)c2F)CC1. The van der Waals surface area contributed by atoms with Crippen LogP contribution in [0, 0.1) is 23.5 Å². The molecule has 1 aromatic carbocycles. The van der Waals surface area contributed by atoms with Gasteiger partial charge in [0.1, 0.15) is 0 Å². The van der Waals surface area contributed by atoms with E-state index < -0.39 is 11.6 Å². The van der Waals surface area contributed by atoms with Crippen molar-refractivity contribution in [3.05, 3.63) is 65.5 Å². The maximum Gasteiger partial charge on any atom is 0.220 e. The monoisotopic (exact) mass is 427 g/mol. The number of rotatable bonds is 7. The average molecular weight is 428 g/mol. The van der Waals surface area contributed by atoms with Crippen molar-refractivity contribution in [1.29, 1.82) is 0 Å². The van der Waals surface area contributed by atoms with E-state index in [9.17, 15) is 13.6 Å². The molecule has 1 saturated carbocycles. The molecule has 1 N–H and O–H groups in total. The van der Waals surface area contributed by atoms with Crippen LogP contribution in [-0.4, -0.2) is 28.9 Å². The van der Waals surface area contributed by atoms with E-state index in [1.54, 1.807) is 18.3 Å². The zero-order valence-corrected chi connectivity index (χ0v) is 17.9. The van der Waals surface area contributed by atoms with Crippen LogP contribution in [0.5, 0.6) is 0 Å². The quantitative estimate of drug-likeness (QED) is 0.676. The molecular weight excluding hydrogens is 396 g/mol. The predicted octanol–water partition coefficient (Wildman–Crippen LogP) is 5.01. The summed E-state index contributed by atoms with van der Waals surface area (Å²) in [6.45, 7) is 1.96. The van der Waals surface area contributed by atoms with Crippen molar-refractivity contribution in [3.63, 3.8) is 0 Å². The summed E-state index contributed by atoms with van der Waals surface area (Å²) in [5, 5.41) is 3.28. The number of carbonyl (C=O) groups is 1. The molecule has 1 amide bonds. The van der Waals surface area contributed by atoms with E-state index in [4.69, 9.17) is 0 Å². The van der Waals surface area contributed by atoms with Gasteiger partial charge >= 0.3 is 0 Å². The van der Waals surface area contributed by atoms with Crippen molar-refractivity contribution < 1.29 is 13.6 Å². The highest BCUT2D eigenvalue weighted by atomic mass is 19.2. The van der Waals surface area contributed by atoms with E-state index in [0.29, 0.717) is 24.4 Å². The average Bonchev–Trinajstić information content (AvgIpc) is 3.29. The fourth-order valence-electron chi connectivity index (χ4n) is 5.06. The summed E-state index contributed by atoms with van der Waals surface area (Å²) in [6.07, 6.45) is 8.88. The Kier molecular flexibility index (Phi) is 7.28. The largest absolute Gasteiger partial charge is 0.347 e. The van der Waals surface area contributed by atoms with Gasteiger partial charge in [-0.3, -0.25) is 14.7 Å². The molecule has 1 aliphatic carbocycles. The predicted molar refractivity (Wildman–Crippen MR) is 116 cm³/mol. The third-order valence-corrected chi connectivity index (χ3v) is 6.80. The highest BCUT2D eigenvalue weighted by Crippen LogP contribution is 2.32. The lowest BCUT2D eigenvalue weighted by atomic mass is 9.86. The summed E-state index contributed by atoms with van der Waals surface area (Å²) in [4.78, 5) is 19.5. The highest BCUT2D eigenvalue weighted by molar-refractivity contribution is 5.76. The van der Waals surface area contributed by atoms with Crippen molar-refractivity contribution in [1.82, 2.24) is 15.2 Å². The Hall–Kier alpha value is -2.34. The Bertz CT molecular complexity index is 862. The number of nitrogens with one attached hydrogen (secondary N) is 1. The van der Waals surface area contributed by atoms with E-state index in [1.165, 1.54) is 12.8 Å². The molecule has 0 bridgehead atoms. The molecule has 0 spiro atoms. The van der Waals surface area contributed by atoms with Crippen LogP contribution in [0.2, 0.25) is 0 Å². The maximum absolute atomic E-state index is 14.0. The number of hydrogen-bond acceptors (Lipinski definition) is 3. The van der Waals surface area contributed by atoms with Gasteiger partial charge in [-0.15, -0.1) is 0 Å².